The average molecular weight is 248 g/mol. The lowest BCUT2D eigenvalue weighted by Gasteiger charge is -2.22. The van der Waals surface area contributed by atoms with E-state index in [1.54, 1.807) is 12.3 Å². The van der Waals surface area contributed by atoms with Gasteiger partial charge in [-0.15, -0.1) is 0 Å². The van der Waals surface area contributed by atoms with Crippen LogP contribution in [0.1, 0.15) is 38.4 Å². The molecule has 1 unspecified atom stereocenters. The Hall–Kier alpha value is -1.98. The van der Waals surface area contributed by atoms with Crippen molar-refractivity contribution in [2.24, 2.45) is 0 Å². The van der Waals surface area contributed by atoms with E-state index in [4.69, 9.17) is 0 Å². The summed E-state index contributed by atoms with van der Waals surface area (Å²) >= 11 is 0. The Labute approximate surface area is 105 Å². The topological polar surface area (TPSA) is 84.0 Å². The van der Waals surface area contributed by atoms with Crippen LogP contribution in [0.25, 0.3) is 0 Å². The summed E-state index contributed by atoms with van der Waals surface area (Å²) in [6.45, 7) is 4.01. The van der Waals surface area contributed by atoms with Gasteiger partial charge in [-0.2, -0.15) is 0 Å². The molecule has 1 saturated heterocycles. The highest BCUT2D eigenvalue weighted by molar-refractivity contribution is 6.01. The van der Waals surface area contributed by atoms with E-state index < -0.39 is 6.04 Å². The number of piperidine rings is 1. The second-order valence-corrected chi connectivity index (χ2v) is 4.60. The number of rotatable bonds is 3. The van der Waals surface area contributed by atoms with E-state index in [-0.39, 0.29) is 17.7 Å². The van der Waals surface area contributed by atoms with Gasteiger partial charge in [-0.1, -0.05) is 13.8 Å². The maximum Gasteiger partial charge on any atom is 0.249 e. The Morgan fingerprint density at radius 1 is 1.44 bits per heavy atom. The second kappa shape index (κ2) is 5.12. The van der Waals surface area contributed by atoms with E-state index >= 15 is 0 Å². The first-order valence-electron chi connectivity index (χ1n) is 5.99. The van der Waals surface area contributed by atoms with Crippen LogP contribution >= 0.6 is 0 Å². The van der Waals surface area contributed by atoms with Crippen LogP contribution in [0, 0.1) is 0 Å². The largest absolute Gasteiger partial charge is 0.358 e. The fourth-order valence-corrected chi connectivity index (χ4v) is 1.74. The lowest BCUT2D eigenvalue weighted by molar-refractivity contribution is -0.133. The van der Waals surface area contributed by atoms with E-state index in [9.17, 15) is 9.59 Å². The molecule has 2 rings (SSSR count). The van der Waals surface area contributed by atoms with Gasteiger partial charge in [0.15, 0.2) is 0 Å². The summed E-state index contributed by atoms with van der Waals surface area (Å²) < 4.78 is 0. The second-order valence-electron chi connectivity index (χ2n) is 4.60. The molecule has 6 nitrogen and oxygen atoms in total. The van der Waals surface area contributed by atoms with E-state index in [1.165, 1.54) is 0 Å². The number of carbonyl (C=O) groups is 2. The van der Waals surface area contributed by atoms with Gasteiger partial charge >= 0.3 is 0 Å². The molecule has 1 aromatic rings. The molecule has 2 amide bonds. The van der Waals surface area contributed by atoms with Gasteiger partial charge < -0.3 is 5.32 Å². The third-order valence-corrected chi connectivity index (χ3v) is 2.75. The first kappa shape index (κ1) is 12.5. The van der Waals surface area contributed by atoms with Crippen molar-refractivity contribution in [3.05, 3.63) is 18.1 Å². The van der Waals surface area contributed by atoms with Crippen LogP contribution in [-0.4, -0.2) is 27.8 Å². The number of carbonyl (C=O) groups excluding carboxylic acids is 2. The molecule has 0 spiro atoms. The molecule has 0 aromatic carbocycles. The first-order valence-corrected chi connectivity index (χ1v) is 5.99. The van der Waals surface area contributed by atoms with Crippen molar-refractivity contribution in [2.45, 2.75) is 38.6 Å². The van der Waals surface area contributed by atoms with Crippen molar-refractivity contribution in [3.63, 3.8) is 0 Å². The molecule has 1 fully saturated rings. The first-order chi connectivity index (χ1) is 8.56. The van der Waals surface area contributed by atoms with Crippen LogP contribution in [0.4, 0.5) is 5.82 Å². The van der Waals surface area contributed by atoms with E-state index in [2.05, 4.69) is 20.6 Å². The monoisotopic (exact) mass is 248 g/mol. The van der Waals surface area contributed by atoms with Crippen molar-refractivity contribution in [2.75, 3.05) is 5.32 Å². The minimum absolute atomic E-state index is 0.219. The zero-order valence-electron chi connectivity index (χ0n) is 10.4. The minimum atomic E-state index is -0.405. The molecule has 0 saturated carbocycles. The molecular weight excluding hydrogens is 232 g/mol. The summed E-state index contributed by atoms with van der Waals surface area (Å²) in [7, 11) is 0. The summed E-state index contributed by atoms with van der Waals surface area (Å²) in [6, 6.07) is 1.31. The van der Waals surface area contributed by atoms with Crippen molar-refractivity contribution in [3.8, 4) is 0 Å². The highest BCUT2D eigenvalue weighted by Crippen LogP contribution is 2.14. The number of nitrogens with one attached hydrogen (secondary N) is 2. The molecule has 1 aliphatic rings. The molecular formula is C12H16N4O2. The highest BCUT2D eigenvalue weighted by atomic mass is 16.2. The number of hydrogen-bond donors (Lipinski definition) is 2. The minimum Gasteiger partial charge on any atom is -0.358 e. The predicted molar refractivity (Wildman–Crippen MR) is 65.9 cm³/mol. The summed E-state index contributed by atoms with van der Waals surface area (Å²) in [5.74, 6) is 1.06. The van der Waals surface area contributed by atoms with Gasteiger partial charge in [0, 0.05) is 18.5 Å². The van der Waals surface area contributed by atoms with Crippen LogP contribution in [0.3, 0.4) is 0 Å². The molecule has 2 N–H and O–H groups in total. The van der Waals surface area contributed by atoms with Crippen LogP contribution in [0.15, 0.2) is 12.3 Å². The molecule has 6 heteroatoms. The van der Waals surface area contributed by atoms with E-state index in [0.29, 0.717) is 18.7 Å². The predicted octanol–water partition coefficient (Wildman–Crippen LogP) is 0.817. The maximum atomic E-state index is 11.6. The molecule has 0 bridgehead atoms. The number of imide groups is 1. The number of nitrogens with zero attached hydrogens (tertiary/aromatic N) is 2. The normalized spacial score (nSPS) is 19.8. The van der Waals surface area contributed by atoms with Gasteiger partial charge in [-0.05, 0) is 12.5 Å². The van der Waals surface area contributed by atoms with Gasteiger partial charge in [0.05, 0.1) is 0 Å². The fraction of sp³-hybridized carbons (Fsp3) is 0.500. The number of aromatic nitrogens is 2. The summed E-state index contributed by atoms with van der Waals surface area (Å²) in [4.78, 5) is 31.1. The summed E-state index contributed by atoms with van der Waals surface area (Å²) in [6.07, 6.45) is 2.51. The Kier molecular flexibility index (Phi) is 3.55. The molecule has 2 heterocycles. The van der Waals surface area contributed by atoms with E-state index in [1.807, 2.05) is 13.8 Å². The SMILES string of the molecule is CC(C)c1nccc(NC2CCC(=O)NC2=O)n1. The van der Waals surface area contributed by atoms with Crippen molar-refractivity contribution < 1.29 is 9.59 Å². The van der Waals surface area contributed by atoms with Gasteiger partial charge in [-0.3, -0.25) is 14.9 Å². The Bertz CT molecular complexity index is 473. The number of amides is 2. The zero-order valence-corrected chi connectivity index (χ0v) is 10.4. The van der Waals surface area contributed by atoms with Crippen molar-refractivity contribution in [1.82, 2.24) is 15.3 Å². The van der Waals surface area contributed by atoms with Crippen LogP contribution in [0.2, 0.25) is 0 Å². The Morgan fingerprint density at radius 2 is 2.22 bits per heavy atom. The zero-order chi connectivity index (χ0) is 13.1. The van der Waals surface area contributed by atoms with Crippen molar-refractivity contribution in [1.29, 1.82) is 0 Å². The molecule has 1 aliphatic heterocycles. The molecule has 96 valence electrons. The summed E-state index contributed by atoms with van der Waals surface area (Å²) in [5.41, 5.74) is 0. The van der Waals surface area contributed by atoms with Crippen LogP contribution in [-0.2, 0) is 9.59 Å². The van der Waals surface area contributed by atoms with Gasteiger partial charge in [0.25, 0.3) is 0 Å². The van der Waals surface area contributed by atoms with Crippen LogP contribution in [0.5, 0.6) is 0 Å². The highest BCUT2D eigenvalue weighted by Gasteiger charge is 2.26. The van der Waals surface area contributed by atoms with Gasteiger partial charge in [0.2, 0.25) is 11.8 Å². The van der Waals surface area contributed by atoms with E-state index in [0.717, 1.165) is 5.82 Å². The smallest absolute Gasteiger partial charge is 0.249 e. The Balaban J connectivity index is 2.07. The standard InChI is InChI=1S/C12H16N4O2/c1-7(2)11-13-6-5-9(15-11)14-8-3-4-10(17)16-12(8)18/h5-8H,3-4H2,1-2H3,(H,13,14,15)(H,16,17,18). The van der Waals surface area contributed by atoms with Crippen molar-refractivity contribution >= 4 is 17.6 Å². The lowest BCUT2D eigenvalue weighted by atomic mass is 10.1. The van der Waals surface area contributed by atoms with Gasteiger partial charge in [-0.25, -0.2) is 9.97 Å². The third kappa shape index (κ3) is 2.82. The van der Waals surface area contributed by atoms with Crippen LogP contribution < -0.4 is 10.6 Å². The quantitative estimate of drug-likeness (QED) is 0.773. The fourth-order valence-electron chi connectivity index (χ4n) is 1.74. The number of hydrogen-bond acceptors (Lipinski definition) is 5. The molecule has 18 heavy (non-hydrogen) atoms. The average Bonchev–Trinajstić information content (AvgIpc) is 2.33. The number of anilines is 1. The Morgan fingerprint density at radius 3 is 2.89 bits per heavy atom. The molecule has 0 aliphatic carbocycles. The maximum absolute atomic E-state index is 11.6. The lowest BCUT2D eigenvalue weighted by Crippen LogP contribution is -2.47. The molecule has 1 atom stereocenters. The molecule has 1 aromatic heterocycles. The molecule has 0 radical (unpaired) electrons. The summed E-state index contributed by atoms with van der Waals surface area (Å²) in [5, 5.41) is 5.33. The van der Waals surface area contributed by atoms with Gasteiger partial charge in [0.1, 0.15) is 17.7 Å². The third-order valence-electron chi connectivity index (χ3n) is 2.75.